The van der Waals surface area contributed by atoms with Crippen LogP contribution in [0.5, 0.6) is 0 Å². The van der Waals surface area contributed by atoms with Gasteiger partial charge in [0, 0.05) is 13.0 Å². The van der Waals surface area contributed by atoms with Crippen LogP contribution in [0.3, 0.4) is 0 Å². The van der Waals surface area contributed by atoms with Crippen molar-refractivity contribution in [2.24, 2.45) is 0 Å². The highest BCUT2D eigenvalue weighted by molar-refractivity contribution is 5.94. The van der Waals surface area contributed by atoms with Crippen molar-refractivity contribution in [2.75, 3.05) is 6.54 Å². The Kier molecular flexibility index (Phi) is 5.56. The molecule has 0 aliphatic rings. The number of unbranched alkanes of at least 4 members (excludes halogenated alkanes) is 2. The van der Waals surface area contributed by atoms with Crippen LogP contribution in [0.1, 0.15) is 35.2 Å². The summed E-state index contributed by atoms with van der Waals surface area (Å²) >= 11 is 0. The van der Waals surface area contributed by atoms with Crippen LogP contribution in [0.4, 0.5) is 17.6 Å². The first-order valence-corrected chi connectivity index (χ1v) is 5.94. The Morgan fingerprint density at radius 2 is 2.00 bits per heavy atom. The van der Waals surface area contributed by atoms with Crippen LogP contribution in [0, 0.1) is 18.2 Å². The summed E-state index contributed by atoms with van der Waals surface area (Å²) in [5.74, 6) is 0.570. The standard InChI is InChI=1S/C14H13F4NO/c1-2-3-4-5-8-19-13(20)11-9-10(14(16,17)18)6-7-12(11)15/h1,6-7,9H,3-5,8H2,(H,19,20). The zero-order valence-electron chi connectivity index (χ0n) is 10.6. The summed E-state index contributed by atoms with van der Waals surface area (Å²) in [6.07, 6.45) is 2.24. The van der Waals surface area contributed by atoms with E-state index in [1.54, 1.807) is 0 Å². The fourth-order valence-electron chi connectivity index (χ4n) is 1.52. The van der Waals surface area contributed by atoms with Gasteiger partial charge in [-0.15, -0.1) is 12.3 Å². The molecule has 0 heterocycles. The van der Waals surface area contributed by atoms with Crippen LogP contribution < -0.4 is 5.32 Å². The maximum atomic E-state index is 13.4. The van der Waals surface area contributed by atoms with Gasteiger partial charge in [-0.25, -0.2) is 4.39 Å². The number of terminal acetylenes is 1. The molecule has 0 saturated carbocycles. The summed E-state index contributed by atoms with van der Waals surface area (Å²) < 4.78 is 50.8. The quantitative estimate of drug-likeness (QED) is 0.502. The molecule has 1 aromatic rings. The van der Waals surface area contributed by atoms with E-state index in [2.05, 4.69) is 11.2 Å². The predicted octanol–water partition coefficient (Wildman–Crippen LogP) is 3.38. The Morgan fingerprint density at radius 3 is 2.60 bits per heavy atom. The van der Waals surface area contributed by atoms with Crippen molar-refractivity contribution >= 4 is 5.91 Å². The van der Waals surface area contributed by atoms with Crippen molar-refractivity contribution in [1.29, 1.82) is 0 Å². The van der Waals surface area contributed by atoms with E-state index < -0.39 is 29.0 Å². The molecule has 0 spiro atoms. The zero-order chi connectivity index (χ0) is 15.2. The SMILES string of the molecule is C#CCCCCNC(=O)c1cc(C(F)(F)F)ccc1F. The van der Waals surface area contributed by atoms with E-state index >= 15 is 0 Å². The smallest absolute Gasteiger partial charge is 0.352 e. The van der Waals surface area contributed by atoms with Crippen LogP contribution in [0.2, 0.25) is 0 Å². The molecular weight excluding hydrogens is 274 g/mol. The summed E-state index contributed by atoms with van der Waals surface area (Å²) in [6, 6.07) is 1.74. The van der Waals surface area contributed by atoms with Gasteiger partial charge in [0.1, 0.15) is 5.82 Å². The molecule has 0 aliphatic heterocycles. The molecule has 0 aliphatic carbocycles. The molecule has 0 saturated heterocycles. The minimum Gasteiger partial charge on any atom is -0.352 e. The lowest BCUT2D eigenvalue weighted by atomic mass is 10.1. The minimum absolute atomic E-state index is 0.232. The highest BCUT2D eigenvalue weighted by Gasteiger charge is 2.31. The topological polar surface area (TPSA) is 29.1 Å². The van der Waals surface area contributed by atoms with Crippen molar-refractivity contribution < 1.29 is 22.4 Å². The molecule has 0 bridgehead atoms. The van der Waals surface area contributed by atoms with E-state index in [0.29, 0.717) is 37.5 Å². The molecule has 6 heteroatoms. The molecule has 0 aromatic heterocycles. The Labute approximate surface area is 114 Å². The van der Waals surface area contributed by atoms with E-state index in [4.69, 9.17) is 6.42 Å². The van der Waals surface area contributed by atoms with Gasteiger partial charge in [-0.2, -0.15) is 13.2 Å². The van der Waals surface area contributed by atoms with Crippen LogP contribution in [0.25, 0.3) is 0 Å². The molecule has 0 fully saturated rings. The monoisotopic (exact) mass is 287 g/mol. The largest absolute Gasteiger partial charge is 0.416 e. The normalized spacial score (nSPS) is 10.9. The molecule has 0 unspecified atom stereocenters. The van der Waals surface area contributed by atoms with Gasteiger partial charge in [0.05, 0.1) is 11.1 Å². The molecule has 0 atom stereocenters. The molecule has 1 amide bonds. The number of rotatable bonds is 5. The maximum Gasteiger partial charge on any atom is 0.416 e. The second-order valence-corrected chi connectivity index (χ2v) is 4.11. The van der Waals surface area contributed by atoms with Gasteiger partial charge in [0.15, 0.2) is 0 Å². The first kappa shape index (κ1) is 16.0. The van der Waals surface area contributed by atoms with Crippen molar-refractivity contribution in [1.82, 2.24) is 5.32 Å². The highest BCUT2D eigenvalue weighted by Crippen LogP contribution is 2.30. The Bertz CT molecular complexity index is 517. The molecule has 2 nitrogen and oxygen atoms in total. The van der Waals surface area contributed by atoms with E-state index in [1.807, 2.05) is 0 Å². The van der Waals surface area contributed by atoms with E-state index in [-0.39, 0.29) is 6.54 Å². The molecule has 0 radical (unpaired) electrons. The number of carbonyl (C=O) groups excluding carboxylic acids is 1. The lowest BCUT2D eigenvalue weighted by molar-refractivity contribution is -0.137. The third-order valence-corrected chi connectivity index (χ3v) is 2.57. The number of halogens is 4. The maximum absolute atomic E-state index is 13.4. The number of hydrogen-bond donors (Lipinski definition) is 1. The number of benzene rings is 1. The van der Waals surface area contributed by atoms with Crippen molar-refractivity contribution in [3.8, 4) is 12.3 Å². The summed E-state index contributed by atoms with van der Waals surface area (Å²) in [4.78, 5) is 11.6. The summed E-state index contributed by atoms with van der Waals surface area (Å²) in [6.45, 7) is 0.232. The third-order valence-electron chi connectivity index (χ3n) is 2.57. The number of hydrogen-bond acceptors (Lipinski definition) is 1. The van der Waals surface area contributed by atoms with Gasteiger partial charge in [0.2, 0.25) is 0 Å². The number of alkyl halides is 3. The average molecular weight is 287 g/mol. The second kappa shape index (κ2) is 6.94. The van der Waals surface area contributed by atoms with Crippen LogP contribution in [0.15, 0.2) is 18.2 Å². The van der Waals surface area contributed by atoms with Gasteiger partial charge in [0.25, 0.3) is 5.91 Å². The lowest BCUT2D eigenvalue weighted by Gasteiger charge is -2.10. The van der Waals surface area contributed by atoms with Gasteiger partial charge >= 0.3 is 6.18 Å². The summed E-state index contributed by atoms with van der Waals surface area (Å²) in [7, 11) is 0. The van der Waals surface area contributed by atoms with Gasteiger partial charge in [-0.1, -0.05) is 0 Å². The van der Waals surface area contributed by atoms with Crippen molar-refractivity contribution in [3.05, 3.63) is 35.1 Å². The molecule has 20 heavy (non-hydrogen) atoms. The van der Waals surface area contributed by atoms with Crippen LogP contribution >= 0.6 is 0 Å². The highest BCUT2D eigenvalue weighted by atomic mass is 19.4. The fraction of sp³-hybridized carbons (Fsp3) is 0.357. The first-order chi connectivity index (χ1) is 9.36. The van der Waals surface area contributed by atoms with Crippen LogP contribution in [-0.2, 0) is 6.18 Å². The fourth-order valence-corrected chi connectivity index (χ4v) is 1.52. The van der Waals surface area contributed by atoms with E-state index in [1.165, 1.54) is 0 Å². The predicted molar refractivity (Wildman–Crippen MR) is 66.4 cm³/mol. The van der Waals surface area contributed by atoms with Crippen molar-refractivity contribution in [3.63, 3.8) is 0 Å². The second-order valence-electron chi connectivity index (χ2n) is 4.11. The van der Waals surface area contributed by atoms with Gasteiger partial charge < -0.3 is 5.32 Å². The Balaban J connectivity index is 2.70. The molecular formula is C14H13F4NO. The molecule has 108 valence electrons. The lowest BCUT2D eigenvalue weighted by Crippen LogP contribution is -2.26. The van der Waals surface area contributed by atoms with Crippen LogP contribution in [-0.4, -0.2) is 12.5 Å². The number of carbonyl (C=O) groups is 1. The Morgan fingerprint density at radius 1 is 1.30 bits per heavy atom. The Hall–Kier alpha value is -2.03. The van der Waals surface area contributed by atoms with Gasteiger partial charge in [-0.3, -0.25) is 4.79 Å². The zero-order valence-corrected chi connectivity index (χ0v) is 10.6. The summed E-state index contributed by atoms with van der Waals surface area (Å²) in [5, 5.41) is 2.36. The molecule has 1 aromatic carbocycles. The van der Waals surface area contributed by atoms with Crippen molar-refractivity contribution in [2.45, 2.75) is 25.4 Å². The number of amides is 1. The molecule has 1 rings (SSSR count). The minimum atomic E-state index is -4.62. The first-order valence-electron chi connectivity index (χ1n) is 5.94. The third kappa shape index (κ3) is 4.57. The molecule has 1 N–H and O–H groups in total. The average Bonchev–Trinajstić information content (AvgIpc) is 2.37. The van der Waals surface area contributed by atoms with E-state index in [0.717, 1.165) is 0 Å². The summed E-state index contributed by atoms with van der Waals surface area (Å²) in [5.41, 5.74) is -1.67. The van der Waals surface area contributed by atoms with Gasteiger partial charge in [-0.05, 0) is 31.0 Å². The number of nitrogens with one attached hydrogen (secondary N) is 1. The van der Waals surface area contributed by atoms with E-state index in [9.17, 15) is 22.4 Å².